The number of benzene rings is 1. The number of thioether (sulfide) groups is 1. The van der Waals surface area contributed by atoms with E-state index >= 15 is 0 Å². The third kappa shape index (κ3) is 13.3. The molecule has 5 nitrogen and oxygen atoms in total. The zero-order valence-electron chi connectivity index (χ0n) is 30.7. The van der Waals surface area contributed by atoms with Gasteiger partial charge in [0.05, 0.1) is 11.6 Å². The molecule has 1 aliphatic carbocycles. The van der Waals surface area contributed by atoms with Crippen LogP contribution in [0.15, 0.2) is 76.6 Å². The van der Waals surface area contributed by atoms with Crippen molar-refractivity contribution in [1.29, 1.82) is 0 Å². The molecule has 3 heterocycles. The molecule has 256 valence electrons. The Bertz CT molecular complexity index is 1450. The van der Waals surface area contributed by atoms with Gasteiger partial charge in [0.2, 0.25) is 0 Å². The molecular weight excluding hydrogens is 597 g/mol. The summed E-state index contributed by atoms with van der Waals surface area (Å²) in [6, 6.07) is 10.7. The number of nitrogens with zero attached hydrogens (tertiary/aromatic N) is 2. The average molecular weight is 657 g/mol. The van der Waals surface area contributed by atoms with Gasteiger partial charge in [-0.2, -0.15) is 0 Å². The second kappa shape index (κ2) is 22.1. The molecule has 2 N–H and O–H groups in total. The van der Waals surface area contributed by atoms with Crippen LogP contribution < -0.4 is 15.4 Å². The zero-order valence-corrected chi connectivity index (χ0v) is 31.5. The maximum atomic E-state index is 5.99. The highest BCUT2D eigenvalue weighted by Crippen LogP contribution is 2.40. The van der Waals surface area contributed by atoms with Crippen molar-refractivity contribution in [2.75, 3.05) is 19.0 Å². The molecule has 0 unspecified atom stereocenters. The third-order valence-corrected chi connectivity index (χ3v) is 8.71. The van der Waals surface area contributed by atoms with Gasteiger partial charge in [-0.05, 0) is 78.8 Å². The Morgan fingerprint density at radius 3 is 2.36 bits per heavy atom. The lowest BCUT2D eigenvalue weighted by Gasteiger charge is -2.14. The van der Waals surface area contributed by atoms with Gasteiger partial charge in [0.25, 0.3) is 0 Å². The van der Waals surface area contributed by atoms with E-state index in [2.05, 4.69) is 94.1 Å². The summed E-state index contributed by atoms with van der Waals surface area (Å²) in [5, 5.41) is 7.66. The van der Waals surface area contributed by atoms with Crippen molar-refractivity contribution in [2.45, 2.75) is 113 Å². The standard InChI is InChI=1S/C24H23N3O.C12H23NS.C3H8.C2H6/c1-16-13-25-9-7-20(16)22-15-27-24(21-8-10-28-23(21)22)26-14-19-4-2-3-18(12-19)11-17-5-6-17;1-6-8-10(3)12(9-7-2)14-11(4)13-5;1-3-2;1-2/h2-4,7,9,11-13,15H,5-6,8,10,14H2,1H3,(H,26,27);13H,4,6-9H2,1-3,5H3;3H2,1-2H3;1-2H3/b;12-10+;;. The van der Waals surface area contributed by atoms with Crippen molar-refractivity contribution < 1.29 is 4.74 Å². The van der Waals surface area contributed by atoms with E-state index in [0.29, 0.717) is 6.61 Å². The molecule has 0 atom stereocenters. The number of allylic oxidation sites excluding steroid dienone is 3. The minimum Gasteiger partial charge on any atom is -0.492 e. The summed E-state index contributed by atoms with van der Waals surface area (Å²) < 4.78 is 5.99. The van der Waals surface area contributed by atoms with Crippen LogP contribution in [-0.2, 0) is 13.0 Å². The van der Waals surface area contributed by atoms with E-state index in [-0.39, 0.29) is 0 Å². The second-order valence-electron chi connectivity index (χ2n) is 11.7. The van der Waals surface area contributed by atoms with Gasteiger partial charge < -0.3 is 15.4 Å². The molecule has 0 amide bonds. The van der Waals surface area contributed by atoms with Gasteiger partial charge in [-0.1, -0.05) is 115 Å². The Balaban J connectivity index is 0.000000343. The minimum atomic E-state index is 0.704. The van der Waals surface area contributed by atoms with E-state index in [0.717, 1.165) is 46.3 Å². The highest BCUT2D eigenvalue weighted by molar-refractivity contribution is 8.06. The summed E-state index contributed by atoms with van der Waals surface area (Å²) in [6.45, 7) is 22.4. The van der Waals surface area contributed by atoms with Crippen molar-refractivity contribution in [2.24, 2.45) is 0 Å². The predicted molar refractivity (Wildman–Crippen MR) is 208 cm³/mol. The smallest absolute Gasteiger partial charge is 0.135 e. The lowest BCUT2D eigenvalue weighted by Crippen LogP contribution is -2.04. The molecule has 2 aliphatic rings. The van der Waals surface area contributed by atoms with Crippen LogP contribution in [0.4, 0.5) is 5.82 Å². The molecule has 0 bridgehead atoms. The molecule has 6 heteroatoms. The molecule has 1 saturated carbocycles. The molecule has 0 saturated heterocycles. The Kier molecular flexibility index (Phi) is 18.7. The van der Waals surface area contributed by atoms with Gasteiger partial charge >= 0.3 is 0 Å². The van der Waals surface area contributed by atoms with Crippen LogP contribution in [0.1, 0.15) is 116 Å². The molecule has 47 heavy (non-hydrogen) atoms. The third-order valence-electron chi connectivity index (χ3n) is 7.46. The van der Waals surface area contributed by atoms with Crippen molar-refractivity contribution in [1.82, 2.24) is 15.3 Å². The maximum Gasteiger partial charge on any atom is 0.135 e. The number of ether oxygens (including phenoxy) is 1. The lowest BCUT2D eigenvalue weighted by molar-refractivity contribution is 0.358. The Labute approximate surface area is 290 Å². The quantitative estimate of drug-likeness (QED) is 0.202. The first kappa shape index (κ1) is 39.7. The van der Waals surface area contributed by atoms with Crippen molar-refractivity contribution in [3.05, 3.63) is 98.8 Å². The SMILES string of the molecule is C=C(NC)S/C(CCC)=C(\C)CCC.CC.CCC.Cc1cnccc1-c1cnc(NCc2cccc(C=C3CC3)c2)c2c1OCC2. The number of fused-ring (bicyclic) bond motifs is 1. The number of aromatic nitrogens is 2. The molecule has 0 radical (unpaired) electrons. The first-order valence-corrected chi connectivity index (χ1v) is 18.5. The van der Waals surface area contributed by atoms with Crippen molar-refractivity contribution >= 4 is 23.7 Å². The predicted octanol–water partition coefficient (Wildman–Crippen LogP) is 11.9. The van der Waals surface area contributed by atoms with Crippen molar-refractivity contribution in [3.63, 3.8) is 0 Å². The largest absolute Gasteiger partial charge is 0.492 e. The number of pyridine rings is 2. The van der Waals surface area contributed by atoms with Gasteiger partial charge in [-0.3, -0.25) is 4.98 Å². The van der Waals surface area contributed by atoms with E-state index in [4.69, 9.17) is 9.72 Å². The van der Waals surface area contributed by atoms with Gasteiger partial charge in [0.15, 0.2) is 0 Å². The minimum absolute atomic E-state index is 0.704. The number of anilines is 1. The Morgan fingerprint density at radius 2 is 1.72 bits per heavy atom. The fraction of sp³-hybridized carbons (Fsp3) is 0.463. The van der Waals surface area contributed by atoms with Crippen molar-refractivity contribution in [3.8, 4) is 16.9 Å². The monoisotopic (exact) mass is 656 g/mol. The van der Waals surface area contributed by atoms with Crippen LogP contribution in [0.5, 0.6) is 5.75 Å². The van der Waals surface area contributed by atoms with Crippen LogP contribution >= 0.6 is 11.8 Å². The fourth-order valence-corrected chi connectivity index (χ4v) is 6.01. The van der Waals surface area contributed by atoms with Gasteiger partial charge in [0, 0.05) is 49.7 Å². The molecule has 0 spiro atoms. The first-order valence-electron chi connectivity index (χ1n) is 17.7. The average Bonchev–Trinajstić information content (AvgIpc) is 3.76. The second-order valence-corrected chi connectivity index (χ2v) is 12.9. The van der Waals surface area contributed by atoms with E-state index in [1.165, 1.54) is 72.1 Å². The van der Waals surface area contributed by atoms with Crippen LogP contribution in [0, 0.1) is 6.92 Å². The number of aryl methyl sites for hydroxylation is 1. The van der Waals surface area contributed by atoms with Crippen LogP contribution in [0.2, 0.25) is 0 Å². The lowest BCUT2D eigenvalue weighted by atomic mass is 10.0. The van der Waals surface area contributed by atoms with Gasteiger partial charge in [-0.25, -0.2) is 4.98 Å². The molecule has 3 aromatic rings. The molecular formula is C41H60N4OS. The van der Waals surface area contributed by atoms with Gasteiger partial charge in [0.1, 0.15) is 11.6 Å². The molecule has 2 aromatic heterocycles. The summed E-state index contributed by atoms with van der Waals surface area (Å²) >= 11 is 1.79. The molecule has 1 aromatic carbocycles. The molecule has 1 fully saturated rings. The van der Waals surface area contributed by atoms with E-state index < -0.39 is 0 Å². The first-order chi connectivity index (χ1) is 22.8. The zero-order chi connectivity index (χ0) is 34.6. The number of hydrogen-bond donors (Lipinski definition) is 2. The van der Waals surface area contributed by atoms with Gasteiger partial charge in [-0.15, -0.1) is 0 Å². The summed E-state index contributed by atoms with van der Waals surface area (Å²) in [5.74, 6) is 1.88. The number of nitrogens with one attached hydrogen (secondary N) is 2. The maximum absolute atomic E-state index is 5.99. The summed E-state index contributed by atoms with van der Waals surface area (Å²) in [5.41, 5.74) is 10.1. The summed E-state index contributed by atoms with van der Waals surface area (Å²) in [4.78, 5) is 10.4. The van der Waals surface area contributed by atoms with Crippen LogP contribution in [0.25, 0.3) is 17.2 Å². The summed E-state index contributed by atoms with van der Waals surface area (Å²) in [6.07, 6.45) is 17.4. The molecule has 1 aliphatic heterocycles. The highest BCUT2D eigenvalue weighted by Gasteiger charge is 2.23. The van der Waals surface area contributed by atoms with E-state index in [1.807, 2.05) is 45.6 Å². The molecule has 5 rings (SSSR count). The van der Waals surface area contributed by atoms with E-state index in [1.54, 1.807) is 17.3 Å². The van der Waals surface area contributed by atoms with E-state index in [9.17, 15) is 0 Å². The highest BCUT2D eigenvalue weighted by atomic mass is 32.2. The van der Waals surface area contributed by atoms with Crippen LogP contribution in [-0.4, -0.2) is 23.6 Å². The Hall–Kier alpha value is -3.51. The fourth-order valence-electron chi connectivity index (χ4n) is 5.03. The Morgan fingerprint density at radius 1 is 1.00 bits per heavy atom. The topological polar surface area (TPSA) is 59.1 Å². The normalized spacial score (nSPS) is 12.7. The summed E-state index contributed by atoms with van der Waals surface area (Å²) in [7, 11) is 1.92. The van der Waals surface area contributed by atoms with Crippen LogP contribution in [0.3, 0.4) is 0 Å². The number of hydrogen-bond acceptors (Lipinski definition) is 6. The number of rotatable bonds is 12.